The topological polar surface area (TPSA) is 68.0 Å². The third kappa shape index (κ3) is 3.81. The molecule has 7 heteroatoms. The molecule has 5 nitrogen and oxygen atoms in total. The molecule has 0 aromatic carbocycles. The number of nitrogens with one attached hydrogen (secondary N) is 1. The number of hydrogen-bond acceptors (Lipinski definition) is 5. The van der Waals surface area contributed by atoms with Crippen molar-refractivity contribution >= 4 is 39.5 Å². The number of nitrogens with zero attached hydrogens (tertiary/aromatic N) is 2. The summed E-state index contributed by atoms with van der Waals surface area (Å²) in [7, 11) is 0. The number of carbonyl (C=O) groups is 1. The summed E-state index contributed by atoms with van der Waals surface area (Å²) in [6, 6.07) is 5.39. The monoisotopic (exact) mass is 341 g/mol. The van der Waals surface area contributed by atoms with Gasteiger partial charge in [-0.05, 0) is 41.9 Å². The number of carbonyl (C=O) groups excluding carboxylic acids is 1. The standard InChI is InChI=1S/C12H12BrN3O2S/c1-7-6-10(18-16-7)15-11(17)8(2)19-12-9(13)4-3-5-14-12/h3-6,8H,1-2H3,(H,15,17)/t8-/m1/s1. The van der Waals surface area contributed by atoms with Crippen molar-refractivity contribution in [3.05, 3.63) is 34.6 Å². The van der Waals surface area contributed by atoms with Crippen LogP contribution >= 0.6 is 27.7 Å². The number of pyridine rings is 1. The first kappa shape index (κ1) is 14.1. The van der Waals surface area contributed by atoms with E-state index in [1.165, 1.54) is 11.8 Å². The van der Waals surface area contributed by atoms with Gasteiger partial charge in [-0.3, -0.25) is 10.1 Å². The first-order chi connectivity index (χ1) is 9.06. The molecule has 0 fully saturated rings. The van der Waals surface area contributed by atoms with Crippen LogP contribution in [0, 0.1) is 6.92 Å². The SMILES string of the molecule is Cc1cc(NC(=O)[C@@H](C)Sc2ncccc2Br)on1. The maximum absolute atomic E-state index is 12.0. The molecule has 0 aliphatic heterocycles. The van der Waals surface area contributed by atoms with Crippen LogP contribution < -0.4 is 5.32 Å². The summed E-state index contributed by atoms with van der Waals surface area (Å²) in [5.74, 6) is 0.203. The van der Waals surface area contributed by atoms with Gasteiger partial charge in [0.1, 0.15) is 5.03 Å². The van der Waals surface area contributed by atoms with Crippen molar-refractivity contribution in [1.82, 2.24) is 10.1 Å². The van der Waals surface area contributed by atoms with E-state index in [0.717, 1.165) is 15.2 Å². The smallest absolute Gasteiger partial charge is 0.240 e. The molecule has 0 bridgehead atoms. The molecule has 1 amide bonds. The lowest BCUT2D eigenvalue weighted by Crippen LogP contribution is -2.22. The van der Waals surface area contributed by atoms with Crippen molar-refractivity contribution in [2.24, 2.45) is 0 Å². The largest absolute Gasteiger partial charge is 0.338 e. The normalized spacial score (nSPS) is 12.2. The second-order valence-electron chi connectivity index (χ2n) is 3.87. The third-order valence-electron chi connectivity index (χ3n) is 2.26. The highest BCUT2D eigenvalue weighted by Crippen LogP contribution is 2.28. The Bertz CT molecular complexity index is 588. The van der Waals surface area contributed by atoms with E-state index < -0.39 is 0 Å². The summed E-state index contributed by atoms with van der Waals surface area (Å²) in [5, 5.41) is 6.86. The maximum Gasteiger partial charge on any atom is 0.240 e. The summed E-state index contributed by atoms with van der Waals surface area (Å²) in [4.78, 5) is 16.2. The van der Waals surface area contributed by atoms with E-state index in [0.29, 0.717) is 5.88 Å². The second kappa shape index (κ2) is 6.21. The van der Waals surface area contributed by atoms with Crippen molar-refractivity contribution in [3.63, 3.8) is 0 Å². The fourth-order valence-electron chi connectivity index (χ4n) is 1.32. The van der Waals surface area contributed by atoms with Gasteiger partial charge >= 0.3 is 0 Å². The summed E-state index contributed by atoms with van der Waals surface area (Å²) >= 11 is 4.77. The Morgan fingerprint density at radius 2 is 2.37 bits per heavy atom. The van der Waals surface area contributed by atoms with Gasteiger partial charge in [0.05, 0.1) is 10.9 Å². The van der Waals surface area contributed by atoms with Gasteiger partial charge in [-0.1, -0.05) is 16.9 Å². The molecule has 2 aromatic heterocycles. The Hall–Kier alpha value is -1.34. The molecule has 0 aliphatic carbocycles. The van der Waals surface area contributed by atoms with Gasteiger partial charge in [-0.2, -0.15) is 0 Å². The number of thioether (sulfide) groups is 1. The fourth-order valence-corrected chi connectivity index (χ4v) is 2.66. The Balaban J connectivity index is 1.98. The van der Waals surface area contributed by atoms with Gasteiger partial charge in [0.25, 0.3) is 0 Å². The van der Waals surface area contributed by atoms with Gasteiger partial charge in [0.2, 0.25) is 11.8 Å². The number of hydrogen-bond donors (Lipinski definition) is 1. The van der Waals surface area contributed by atoms with E-state index in [-0.39, 0.29) is 11.2 Å². The predicted octanol–water partition coefficient (Wildman–Crippen LogP) is 3.26. The van der Waals surface area contributed by atoms with E-state index in [1.807, 2.05) is 19.1 Å². The highest BCUT2D eigenvalue weighted by molar-refractivity contribution is 9.10. The van der Waals surface area contributed by atoms with Crippen LogP contribution in [0.3, 0.4) is 0 Å². The van der Waals surface area contributed by atoms with Gasteiger partial charge in [-0.15, -0.1) is 0 Å². The highest BCUT2D eigenvalue weighted by atomic mass is 79.9. The lowest BCUT2D eigenvalue weighted by molar-refractivity contribution is -0.115. The number of halogens is 1. The molecule has 0 spiro atoms. The Labute approximate surface area is 123 Å². The van der Waals surface area contributed by atoms with Crippen LogP contribution in [0.5, 0.6) is 0 Å². The third-order valence-corrected chi connectivity index (χ3v) is 4.28. The second-order valence-corrected chi connectivity index (χ2v) is 6.06. The van der Waals surface area contributed by atoms with Crippen LogP contribution in [-0.4, -0.2) is 21.3 Å². The van der Waals surface area contributed by atoms with Crippen LogP contribution in [0.25, 0.3) is 0 Å². The van der Waals surface area contributed by atoms with Crippen molar-refractivity contribution in [1.29, 1.82) is 0 Å². The molecule has 1 atom stereocenters. The Kier molecular flexibility index (Phi) is 4.60. The predicted molar refractivity (Wildman–Crippen MR) is 77.1 cm³/mol. The maximum atomic E-state index is 12.0. The molecule has 0 aliphatic rings. The molecule has 0 unspecified atom stereocenters. The molecule has 0 saturated carbocycles. The number of aromatic nitrogens is 2. The number of amides is 1. The summed E-state index contributed by atoms with van der Waals surface area (Å²) < 4.78 is 5.81. The van der Waals surface area contributed by atoms with Crippen LogP contribution in [-0.2, 0) is 4.79 Å². The molecule has 19 heavy (non-hydrogen) atoms. The number of aryl methyl sites for hydroxylation is 1. The van der Waals surface area contributed by atoms with E-state index in [4.69, 9.17) is 4.52 Å². The summed E-state index contributed by atoms with van der Waals surface area (Å²) in [6.07, 6.45) is 1.69. The average Bonchev–Trinajstić information content (AvgIpc) is 2.77. The van der Waals surface area contributed by atoms with E-state index >= 15 is 0 Å². The van der Waals surface area contributed by atoms with E-state index in [9.17, 15) is 4.79 Å². The van der Waals surface area contributed by atoms with E-state index in [1.54, 1.807) is 19.2 Å². The number of anilines is 1. The molecule has 100 valence electrons. The van der Waals surface area contributed by atoms with Gasteiger partial charge in [0, 0.05) is 16.7 Å². The van der Waals surface area contributed by atoms with Crippen LogP contribution in [0.2, 0.25) is 0 Å². The van der Waals surface area contributed by atoms with E-state index in [2.05, 4.69) is 31.4 Å². The fraction of sp³-hybridized carbons (Fsp3) is 0.250. The lowest BCUT2D eigenvalue weighted by Gasteiger charge is -2.10. The molecule has 0 saturated heterocycles. The molecule has 2 aromatic rings. The Morgan fingerprint density at radius 1 is 1.58 bits per heavy atom. The molecular formula is C12H12BrN3O2S. The molecular weight excluding hydrogens is 330 g/mol. The van der Waals surface area contributed by atoms with Crippen LogP contribution in [0.1, 0.15) is 12.6 Å². The first-order valence-electron chi connectivity index (χ1n) is 5.57. The molecule has 0 radical (unpaired) electrons. The first-order valence-corrected chi connectivity index (χ1v) is 7.25. The highest BCUT2D eigenvalue weighted by Gasteiger charge is 2.18. The molecule has 2 rings (SSSR count). The molecule has 2 heterocycles. The quantitative estimate of drug-likeness (QED) is 0.864. The summed E-state index contributed by atoms with van der Waals surface area (Å²) in [5.41, 5.74) is 0.725. The van der Waals surface area contributed by atoms with Crippen molar-refractivity contribution < 1.29 is 9.32 Å². The zero-order valence-corrected chi connectivity index (χ0v) is 12.8. The van der Waals surface area contributed by atoms with Gasteiger partial charge in [0.15, 0.2) is 0 Å². The van der Waals surface area contributed by atoms with Crippen molar-refractivity contribution in [3.8, 4) is 0 Å². The number of rotatable bonds is 4. The Morgan fingerprint density at radius 3 is 3.00 bits per heavy atom. The van der Waals surface area contributed by atoms with Gasteiger partial charge in [-0.25, -0.2) is 4.98 Å². The lowest BCUT2D eigenvalue weighted by atomic mass is 10.4. The minimum absolute atomic E-state index is 0.154. The van der Waals surface area contributed by atoms with Crippen LogP contribution in [0.15, 0.2) is 38.4 Å². The van der Waals surface area contributed by atoms with Crippen molar-refractivity contribution in [2.75, 3.05) is 5.32 Å². The average molecular weight is 342 g/mol. The zero-order chi connectivity index (χ0) is 13.8. The zero-order valence-electron chi connectivity index (χ0n) is 10.4. The minimum atomic E-state index is -0.295. The summed E-state index contributed by atoms with van der Waals surface area (Å²) in [6.45, 7) is 3.60. The molecule has 1 N–H and O–H groups in total. The van der Waals surface area contributed by atoms with Crippen molar-refractivity contribution in [2.45, 2.75) is 24.1 Å². The van der Waals surface area contributed by atoms with Gasteiger partial charge < -0.3 is 4.52 Å². The van der Waals surface area contributed by atoms with Crippen LogP contribution in [0.4, 0.5) is 5.88 Å². The minimum Gasteiger partial charge on any atom is -0.338 e.